The SMILES string of the molecule is CN(C)CCCNC(=S)N(C)Cc1ccccc1Cl. The predicted molar refractivity (Wildman–Crippen MR) is 86.7 cm³/mol. The molecule has 0 fully saturated rings. The maximum Gasteiger partial charge on any atom is 0.168 e. The Bertz CT molecular complexity index is 409. The molecule has 1 rings (SSSR count). The summed E-state index contributed by atoms with van der Waals surface area (Å²) in [5, 5.41) is 4.81. The molecule has 0 amide bonds. The molecular formula is C14H22ClN3S. The van der Waals surface area contributed by atoms with Gasteiger partial charge >= 0.3 is 0 Å². The van der Waals surface area contributed by atoms with Gasteiger partial charge in [0.25, 0.3) is 0 Å². The minimum absolute atomic E-state index is 0.721. The van der Waals surface area contributed by atoms with Gasteiger partial charge in [-0.2, -0.15) is 0 Å². The molecule has 0 unspecified atom stereocenters. The minimum atomic E-state index is 0.721. The topological polar surface area (TPSA) is 18.5 Å². The van der Waals surface area contributed by atoms with E-state index in [-0.39, 0.29) is 0 Å². The third-order valence-corrected chi connectivity index (χ3v) is 3.60. The Hall–Kier alpha value is -0.840. The van der Waals surface area contributed by atoms with E-state index in [2.05, 4.69) is 24.3 Å². The van der Waals surface area contributed by atoms with E-state index in [0.29, 0.717) is 0 Å². The van der Waals surface area contributed by atoms with Gasteiger partial charge < -0.3 is 15.1 Å². The van der Waals surface area contributed by atoms with Crippen molar-refractivity contribution in [2.24, 2.45) is 0 Å². The summed E-state index contributed by atoms with van der Waals surface area (Å²) in [6.07, 6.45) is 1.08. The maximum atomic E-state index is 6.14. The quantitative estimate of drug-likeness (QED) is 0.642. The third kappa shape index (κ3) is 6.23. The second-order valence-electron chi connectivity index (χ2n) is 4.84. The number of hydrogen-bond acceptors (Lipinski definition) is 2. The monoisotopic (exact) mass is 299 g/mol. The fraction of sp³-hybridized carbons (Fsp3) is 0.500. The average molecular weight is 300 g/mol. The van der Waals surface area contributed by atoms with Crippen LogP contribution in [0.5, 0.6) is 0 Å². The van der Waals surface area contributed by atoms with Crippen LogP contribution in [0.1, 0.15) is 12.0 Å². The average Bonchev–Trinajstić information content (AvgIpc) is 2.36. The van der Waals surface area contributed by atoms with E-state index in [1.807, 2.05) is 36.2 Å². The highest BCUT2D eigenvalue weighted by atomic mass is 35.5. The van der Waals surface area contributed by atoms with Crippen LogP contribution in [0.3, 0.4) is 0 Å². The third-order valence-electron chi connectivity index (χ3n) is 2.77. The lowest BCUT2D eigenvalue weighted by atomic mass is 10.2. The summed E-state index contributed by atoms with van der Waals surface area (Å²) in [7, 11) is 6.12. The Morgan fingerprint density at radius 3 is 2.58 bits per heavy atom. The van der Waals surface area contributed by atoms with Gasteiger partial charge in [0.15, 0.2) is 5.11 Å². The van der Waals surface area contributed by atoms with Gasteiger partial charge in [-0.15, -0.1) is 0 Å². The van der Waals surface area contributed by atoms with Gasteiger partial charge in [-0.05, 0) is 50.9 Å². The van der Waals surface area contributed by atoms with Crippen molar-refractivity contribution in [2.75, 3.05) is 34.2 Å². The highest BCUT2D eigenvalue weighted by molar-refractivity contribution is 7.80. The van der Waals surface area contributed by atoms with Gasteiger partial charge in [0.05, 0.1) is 0 Å². The van der Waals surface area contributed by atoms with Crippen molar-refractivity contribution in [3.63, 3.8) is 0 Å². The number of rotatable bonds is 6. The predicted octanol–water partition coefficient (Wildman–Crippen LogP) is 2.60. The van der Waals surface area contributed by atoms with Gasteiger partial charge in [0, 0.05) is 25.2 Å². The first-order valence-corrected chi connectivity index (χ1v) is 7.16. The van der Waals surface area contributed by atoms with E-state index >= 15 is 0 Å². The minimum Gasteiger partial charge on any atom is -0.363 e. The summed E-state index contributed by atoms with van der Waals surface area (Å²) in [6.45, 7) is 2.67. The van der Waals surface area contributed by atoms with E-state index in [1.165, 1.54) is 0 Å². The zero-order valence-corrected chi connectivity index (χ0v) is 13.4. The normalized spacial score (nSPS) is 10.6. The number of nitrogens with zero attached hydrogens (tertiary/aromatic N) is 2. The fourth-order valence-electron chi connectivity index (χ4n) is 1.68. The number of thiocarbonyl (C=S) groups is 1. The van der Waals surface area contributed by atoms with Crippen LogP contribution in [0.15, 0.2) is 24.3 Å². The Morgan fingerprint density at radius 1 is 1.26 bits per heavy atom. The van der Waals surface area contributed by atoms with Crippen molar-refractivity contribution >= 4 is 28.9 Å². The molecule has 5 heteroatoms. The molecular weight excluding hydrogens is 278 g/mol. The molecule has 0 atom stereocenters. The van der Waals surface area contributed by atoms with Crippen LogP contribution < -0.4 is 5.32 Å². The summed E-state index contributed by atoms with van der Waals surface area (Å²) in [5.41, 5.74) is 1.09. The molecule has 0 radical (unpaired) electrons. The van der Waals surface area contributed by atoms with Crippen LogP contribution in [-0.4, -0.2) is 49.1 Å². The van der Waals surface area contributed by atoms with E-state index in [9.17, 15) is 0 Å². The van der Waals surface area contributed by atoms with Crippen molar-refractivity contribution in [1.82, 2.24) is 15.1 Å². The molecule has 0 heterocycles. The summed E-state index contributed by atoms with van der Waals surface area (Å²) < 4.78 is 0. The van der Waals surface area contributed by atoms with E-state index < -0.39 is 0 Å². The number of benzene rings is 1. The number of halogens is 1. The van der Waals surface area contributed by atoms with Gasteiger partial charge in [-0.25, -0.2) is 0 Å². The molecule has 0 bridgehead atoms. The molecule has 0 aliphatic rings. The zero-order valence-electron chi connectivity index (χ0n) is 11.8. The molecule has 19 heavy (non-hydrogen) atoms. The van der Waals surface area contributed by atoms with Crippen LogP contribution in [0.4, 0.5) is 0 Å². The fourth-order valence-corrected chi connectivity index (χ4v) is 2.04. The van der Waals surface area contributed by atoms with Crippen molar-refractivity contribution in [2.45, 2.75) is 13.0 Å². The smallest absolute Gasteiger partial charge is 0.168 e. The summed E-state index contributed by atoms with van der Waals surface area (Å²) in [6, 6.07) is 7.85. The summed E-state index contributed by atoms with van der Waals surface area (Å²) in [4.78, 5) is 4.17. The van der Waals surface area contributed by atoms with Crippen molar-refractivity contribution in [3.8, 4) is 0 Å². The Morgan fingerprint density at radius 2 is 1.95 bits per heavy atom. The molecule has 0 aromatic heterocycles. The van der Waals surface area contributed by atoms with Gasteiger partial charge in [0.1, 0.15) is 0 Å². The maximum absolute atomic E-state index is 6.14. The van der Waals surface area contributed by atoms with Crippen molar-refractivity contribution < 1.29 is 0 Å². The number of hydrogen-bond donors (Lipinski definition) is 1. The second kappa shape index (κ2) is 8.35. The molecule has 1 aromatic carbocycles. The van der Waals surface area contributed by atoms with E-state index in [1.54, 1.807) is 0 Å². The van der Waals surface area contributed by atoms with E-state index in [4.69, 9.17) is 23.8 Å². The Kier molecular flexibility index (Phi) is 7.13. The lowest BCUT2D eigenvalue weighted by molar-refractivity contribution is 0.397. The van der Waals surface area contributed by atoms with Crippen molar-refractivity contribution in [3.05, 3.63) is 34.9 Å². The largest absolute Gasteiger partial charge is 0.363 e. The standard InChI is InChI=1S/C14H22ClN3S/c1-17(2)10-6-9-16-14(19)18(3)11-12-7-4-5-8-13(12)15/h4-5,7-8H,6,9-11H2,1-3H3,(H,16,19). The van der Waals surface area contributed by atoms with Gasteiger partial charge in [-0.1, -0.05) is 29.8 Å². The highest BCUT2D eigenvalue weighted by Gasteiger charge is 2.06. The molecule has 0 saturated carbocycles. The lowest BCUT2D eigenvalue weighted by Crippen LogP contribution is -2.37. The molecule has 106 valence electrons. The van der Waals surface area contributed by atoms with Crippen LogP contribution in [0.25, 0.3) is 0 Å². The summed E-state index contributed by atoms with van der Waals surface area (Å²) in [5.74, 6) is 0. The molecule has 1 aromatic rings. The highest BCUT2D eigenvalue weighted by Crippen LogP contribution is 2.16. The molecule has 0 aliphatic carbocycles. The van der Waals surface area contributed by atoms with Crippen LogP contribution >= 0.6 is 23.8 Å². The first-order chi connectivity index (χ1) is 9.00. The second-order valence-corrected chi connectivity index (χ2v) is 5.63. The van der Waals surface area contributed by atoms with Crippen LogP contribution in [-0.2, 0) is 6.54 Å². The van der Waals surface area contributed by atoms with Gasteiger partial charge in [-0.3, -0.25) is 0 Å². The molecule has 0 saturated heterocycles. The van der Waals surface area contributed by atoms with Crippen LogP contribution in [0, 0.1) is 0 Å². The van der Waals surface area contributed by atoms with Gasteiger partial charge in [0.2, 0.25) is 0 Å². The number of nitrogens with one attached hydrogen (secondary N) is 1. The zero-order chi connectivity index (χ0) is 14.3. The first-order valence-electron chi connectivity index (χ1n) is 6.38. The first kappa shape index (κ1) is 16.2. The Labute approximate surface area is 126 Å². The Balaban J connectivity index is 2.35. The molecule has 3 nitrogen and oxygen atoms in total. The van der Waals surface area contributed by atoms with Crippen molar-refractivity contribution in [1.29, 1.82) is 0 Å². The molecule has 0 aliphatic heterocycles. The molecule has 0 spiro atoms. The molecule has 1 N–H and O–H groups in total. The lowest BCUT2D eigenvalue weighted by Gasteiger charge is -2.22. The summed E-state index contributed by atoms with van der Waals surface area (Å²) >= 11 is 11.5. The van der Waals surface area contributed by atoms with Crippen LogP contribution in [0.2, 0.25) is 5.02 Å². The van der Waals surface area contributed by atoms with E-state index in [0.717, 1.165) is 41.8 Å².